The molecule has 0 aliphatic carbocycles. The Kier molecular flexibility index (Phi) is 5.12. The van der Waals surface area contributed by atoms with Crippen LogP contribution in [0.3, 0.4) is 0 Å². The van der Waals surface area contributed by atoms with Crippen molar-refractivity contribution in [2.45, 2.75) is 12.5 Å². The second kappa shape index (κ2) is 7.65. The van der Waals surface area contributed by atoms with E-state index in [0.29, 0.717) is 0 Å². The first-order valence-corrected chi connectivity index (χ1v) is 8.26. The number of non-ortho nitro benzene ring substituents is 1. The minimum absolute atomic E-state index is 0.0916. The molecule has 0 radical (unpaired) electrons. The van der Waals surface area contributed by atoms with Crippen molar-refractivity contribution >= 4 is 28.3 Å². The lowest BCUT2D eigenvalue weighted by atomic mass is 10.0. The summed E-state index contributed by atoms with van der Waals surface area (Å²) < 4.78 is 0. The Labute approximate surface area is 154 Å². The Hall–Kier alpha value is -3.74. The number of nitrogens with zero attached hydrogens (tertiary/aromatic N) is 1. The quantitative estimate of drug-likeness (QED) is 0.517. The van der Waals surface area contributed by atoms with Crippen molar-refractivity contribution in [3.8, 4) is 0 Å². The Morgan fingerprint density at radius 1 is 1.00 bits per heavy atom. The fourth-order valence-corrected chi connectivity index (χ4v) is 2.83. The molecule has 0 fully saturated rings. The molecule has 7 heteroatoms. The number of carbonyl (C=O) groups excluding carboxylic acids is 2. The number of benzene rings is 3. The number of nitrogens with one attached hydrogen (secondary N) is 1. The standard InChI is InChI=1S/C20H17N3O4/c21-19(24)18(11-13-8-9-14-4-1-2-5-15(14)10-13)22-20(25)16-6-3-7-17(12-16)23(26)27/h1-10,12,18H,11H2,(H2,21,24)(H,22,25)/t18-/m1/s1. The summed E-state index contributed by atoms with van der Waals surface area (Å²) in [6.07, 6.45) is 0.223. The summed E-state index contributed by atoms with van der Waals surface area (Å²) in [5.74, 6) is -1.27. The number of fused-ring (bicyclic) bond motifs is 1. The van der Waals surface area contributed by atoms with E-state index in [1.165, 1.54) is 18.2 Å². The summed E-state index contributed by atoms with van der Waals surface area (Å²) in [4.78, 5) is 34.5. The maximum absolute atomic E-state index is 12.4. The topological polar surface area (TPSA) is 115 Å². The van der Waals surface area contributed by atoms with Crippen molar-refractivity contribution in [3.05, 3.63) is 88.0 Å². The third-order valence-corrected chi connectivity index (χ3v) is 4.22. The molecule has 0 aliphatic heterocycles. The molecule has 27 heavy (non-hydrogen) atoms. The van der Waals surface area contributed by atoms with E-state index in [9.17, 15) is 19.7 Å². The van der Waals surface area contributed by atoms with Gasteiger partial charge in [-0.1, -0.05) is 48.5 Å². The summed E-state index contributed by atoms with van der Waals surface area (Å²) in [5, 5.41) is 15.5. The maximum atomic E-state index is 12.4. The fourth-order valence-electron chi connectivity index (χ4n) is 2.83. The van der Waals surface area contributed by atoms with Gasteiger partial charge in [0.25, 0.3) is 11.6 Å². The van der Waals surface area contributed by atoms with E-state index in [1.54, 1.807) is 0 Å². The highest BCUT2D eigenvalue weighted by Gasteiger charge is 2.20. The van der Waals surface area contributed by atoms with Gasteiger partial charge in [-0.3, -0.25) is 19.7 Å². The molecule has 0 saturated heterocycles. The van der Waals surface area contributed by atoms with Crippen LogP contribution in [0.5, 0.6) is 0 Å². The zero-order valence-corrected chi connectivity index (χ0v) is 14.3. The highest BCUT2D eigenvalue weighted by atomic mass is 16.6. The molecule has 3 aromatic rings. The van der Waals surface area contributed by atoms with Crippen molar-refractivity contribution in [1.82, 2.24) is 5.32 Å². The highest BCUT2D eigenvalue weighted by molar-refractivity contribution is 5.97. The summed E-state index contributed by atoms with van der Waals surface area (Å²) in [6.45, 7) is 0. The number of primary amides is 1. The van der Waals surface area contributed by atoms with Gasteiger partial charge in [0.05, 0.1) is 4.92 Å². The zero-order chi connectivity index (χ0) is 19.4. The highest BCUT2D eigenvalue weighted by Crippen LogP contribution is 2.17. The predicted molar refractivity (Wildman–Crippen MR) is 101 cm³/mol. The molecule has 0 unspecified atom stereocenters. The smallest absolute Gasteiger partial charge is 0.270 e. The molecule has 136 valence electrons. The van der Waals surface area contributed by atoms with Gasteiger partial charge < -0.3 is 11.1 Å². The number of rotatable bonds is 6. The van der Waals surface area contributed by atoms with Gasteiger partial charge in [0.2, 0.25) is 5.91 Å². The van der Waals surface area contributed by atoms with Crippen LogP contribution in [0.1, 0.15) is 15.9 Å². The number of hydrogen-bond acceptors (Lipinski definition) is 4. The van der Waals surface area contributed by atoms with Crippen molar-refractivity contribution in [3.63, 3.8) is 0 Å². The number of carbonyl (C=O) groups is 2. The minimum Gasteiger partial charge on any atom is -0.368 e. The van der Waals surface area contributed by atoms with E-state index in [0.717, 1.165) is 22.4 Å². The molecular formula is C20H17N3O4. The van der Waals surface area contributed by atoms with Crippen LogP contribution in [-0.2, 0) is 11.2 Å². The third-order valence-electron chi connectivity index (χ3n) is 4.22. The van der Waals surface area contributed by atoms with Gasteiger partial charge in [0, 0.05) is 24.1 Å². The third kappa shape index (κ3) is 4.27. The van der Waals surface area contributed by atoms with Crippen LogP contribution < -0.4 is 11.1 Å². The zero-order valence-electron chi connectivity index (χ0n) is 14.3. The number of nitro benzene ring substituents is 1. The maximum Gasteiger partial charge on any atom is 0.270 e. The minimum atomic E-state index is -0.932. The molecule has 0 saturated carbocycles. The number of nitrogens with two attached hydrogens (primary N) is 1. The summed E-state index contributed by atoms with van der Waals surface area (Å²) in [5.41, 5.74) is 6.17. The number of amides is 2. The van der Waals surface area contributed by atoms with Crippen LogP contribution >= 0.6 is 0 Å². The summed E-state index contributed by atoms with van der Waals surface area (Å²) in [7, 11) is 0. The van der Waals surface area contributed by atoms with Crippen LogP contribution in [0, 0.1) is 10.1 Å². The van der Waals surface area contributed by atoms with E-state index < -0.39 is 22.8 Å². The molecule has 0 aromatic heterocycles. The van der Waals surface area contributed by atoms with Gasteiger partial charge in [-0.25, -0.2) is 0 Å². The average Bonchev–Trinajstić information content (AvgIpc) is 2.67. The molecule has 3 N–H and O–H groups in total. The monoisotopic (exact) mass is 363 g/mol. The van der Waals surface area contributed by atoms with Gasteiger partial charge in [0.15, 0.2) is 0 Å². The normalized spacial score (nSPS) is 11.7. The van der Waals surface area contributed by atoms with Gasteiger partial charge in [-0.2, -0.15) is 0 Å². The second-order valence-electron chi connectivity index (χ2n) is 6.12. The van der Waals surface area contributed by atoms with E-state index in [2.05, 4.69) is 5.32 Å². The SMILES string of the molecule is NC(=O)[C@@H](Cc1ccc2ccccc2c1)NC(=O)c1cccc([N+](=O)[O-])c1. The molecule has 0 heterocycles. The Balaban J connectivity index is 1.79. The number of hydrogen-bond donors (Lipinski definition) is 2. The molecule has 1 atom stereocenters. The summed E-state index contributed by atoms with van der Waals surface area (Å²) >= 11 is 0. The molecule has 2 amide bonds. The van der Waals surface area contributed by atoms with Gasteiger partial charge in [-0.15, -0.1) is 0 Å². The molecular weight excluding hydrogens is 346 g/mol. The first-order valence-electron chi connectivity index (χ1n) is 8.26. The van der Waals surface area contributed by atoms with Crippen LogP contribution in [0.2, 0.25) is 0 Å². The Morgan fingerprint density at radius 2 is 1.74 bits per heavy atom. The van der Waals surface area contributed by atoms with Crippen molar-refractivity contribution in [1.29, 1.82) is 0 Å². The van der Waals surface area contributed by atoms with Crippen LogP contribution in [0.15, 0.2) is 66.7 Å². The van der Waals surface area contributed by atoms with Gasteiger partial charge in [0.1, 0.15) is 6.04 Å². The van der Waals surface area contributed by atoms with E-state index in [4.69, 9.17) is 5.73 Å². The lowest BCUT2D eigenvalue weighted by Gasteiger charge is -2.16. The van der Waals surface area contributed by atoms with E-state index in [1.807, 2.05) is 42.5 Å². The Morgan fingerprint density at radius 3 is 2.44 bits per heavy atom. The van der Waals surface area contributed by atoms with E-state index >= 15 is 0 Å². The largest absolute Gasteiger partial charge is 0.368 e. The van der Waals surface area contributed by atoms with Crippen molar-refractivity contribution in [2.75, 3.05) is 0 Å². The van der Waals surface area contributed by atoms with Gasteiger partial charge >= 0.3 is 0 Å². The lowest BCUT2D eigenvalue weighted by Crippen LogP contribution is -2.45. The van der Waals surface area contributed by atoms with Crippen molar-refractivity contribution < 1.29 is 14.5 Å². The first-order chi connectivity index (χ1) is 12.9. The van der Waals surface area contributed by atoms with Crippen molar-refractivity contribution in [2.24, 2.45) is 5.73 Å². The molecule has 0 bridgehead atoms. The first kappa shape index (κ1) is 18.1. The summed E-state index contributed by atoms with van der Waals surface area (Å²) in [6, 6.07) is 17.9. The molecule has 0 aliphatic rings. The molecule has 0 spiro atoms. The van der Waals surface area contributed by atoms with E-state index in [-0.39, 0.29) is 17.7 Å². The predicted octanol–water partition coefficient (Wildman–Crippen LogP) is 2.57. The fraction of sp³-hybridized carbons (Fsp3) is 0.100. The molecule has 3 aromatic carbocycles. The molecule has 3 rings (SSSR count). The van der Waals surface area contributed by atoms with Gasteiger partial charge in [-0.05, 0) is 22.4 Å². The second-order valence-corrected chi connectivity index (χ2v) is 6.12. The van der Waals surface area contributed by atoms with Crippen LogP contribution in [0.4, 0.5) is 5.69 Å². The average molecular weight is 363 g/mol. The number of nitro groups is 1. The lowest BCUT2D eigenvalue weighted by molar-refractivity contribution is -0.384. The molecule has 7 nitrogen and oxygen atoms in total. The van der Waals surface area contributed by atoms with Crippen LogP contribution in [-0.4, -0.2) is 22.8 Å². The van der Waals surface area contributed by atoms with Crippen LogP contribution in [0.25, 0.3) is 10.8 Å². The Bertz CT molecular complexity index is 1030.